The summed E-state index contributed by atoms with van der Waals surface area (Å²) in [6.45, 7) is 2.66. The number of unbranched alkanes of at least 4 members (excludes halogenated alkanes) is 2. The first kappa shape index (κ1) is 16.0. The Labute approximate surface area is 129 Å². The number of carbonyl (C=O) groups excluding carboxylic acids is 1. The number of hydrogen-bond acceptors (Lipinski definition) is 3. The Morgan fingerprint density at radius 2 is 2.19 bits per heavy atom. The van der Waals surface area contributed by atoms with Gasteiger partial charge in [0.2, 0.25) is 5.91 Å². The summed E-state index contributed by atoms with van der Waals surface area (Å²) in [5.41, 5.74) is -0.755. The highest BCUT2D eigenvalue weighted by atomic mass is 32.1. The van der Waals surface area contributed by atoms with Gasteiger partial charge in [-0.15, -0.1) is 11.3 Å². The van der Waals surface area contributed by atoms with E-state index in [0.717, 1.165) is 25.7 Å². The molecule has 1 amide bonds. The van der Waals surface area contributed by atoms with Crippen molar-refractivity contribution < 1.29 is 14.7 Å². The van der Waals surface area contributed by atoms with Crippen LogP contribution in [0.1, 0.15) is 43.9 Å². The van der Waals surface area contributed by atoms with Crippen molar-refractivity contribution in [3.05, 3.63) is 22.4 Å². The molecule has 0 spiro atoms. The number of carboxylic acid groups (broad SMARTS) is 1. The molecular formula is C16H23NO3S. The molecular weight excluding hydrogens is 286 g/mol. The molecule has 0 aromatic carbocycles. The fourth-order valence-electron chi connectivity index (χ4n) is 2.71. The number of aliphatic carboxylic acids is 1. The molecule has 1 aromatic heterocycles. The minimum Gasteiger partial charge on any atom is -0.481 e. The summed E-state index contributed by atoms with van der Waals surface area (Å²) in [5.74, 6) is -0.690. The number of carboxylic acids is 1. The van der Waals surface area contributed by atoms with E-state index in [4.69, 9.17) is 0 Å². The fourth-order valence-corrected chi connectivity index (χ4v) is 3.46. The van der Waals surface area contributed by atoms with Crippen molar-refractivity contribution in [2.45, 2.75) is 45.4 Å². The lowest BCUT2D eigenvalue weighted by atomic mass is 9.90. The van der Waals surface area contributed by atoms with E-state index < -0.39 is 11.4 Å². The molecule has 1 aliphatic heterocycles. The second-order valence-corrected chi connectivity index (χ2v) is 7.10. The number of rotatable bonds is 7. The van der Waals surface area contributed by atoms with Gasteiger partial charge in [-0.1, -0.05) is 12.5 Å². The highest BCUT2D eigenvalue weighted by molar-refractivity contribution is 7.09. The highest BCUT2D eigenvalue weighted by Crippen LogP contribution is 2.30. The van der Waals surface area contributed by atoms with Crippen LogP contribution in [0.5, 0.6) is 0 Å². The number of hydrogen-bond donors (Lipinski definition) is 1. The van der Waals surface area contributed by atoms with Crippen molar-refractivity contribution in [2.24, 2.45) is 5.41 Å². The van der Waals surface area contributed by atoms with E-state index in [-0.39, 0.29) is 5.91 Å². The predicted octanol–water partition coefficient (Wildman–Crippen LogP) is 3.17. The van der Waals surface area contributed by atoms with Crippen LogP contribution in [0, 0.1) is 5.41 Å². The molecule has 1 aliphatic rings. The molecule has 21 heavy (non-hydrogen) atoms. The Kier molecular flexibility index (Phi) is 5.39. The van der Waals surface area contributed by atoms with Crippen LogP contribution < -0.4 is 0 Å². The van der Waals surface area contributed by atoms with Gasteiger partial charge in [-0.05, 0) is 44.1 Å². The van der Waals surface area contributed by atoms with E-state index in [9.17, 15) is 14.7 Å². The minimum atomic E-state index is -0.797. The second-order valence-electron chi connectivity index (χ2n) is 6.07. The summed E-state index contributed by atoms with van der Waals surface area (Å²) in [4.78, 5) is 26.4. The van der Waals surface area contributed by atoms with Crippen molar-refractivity contribution >= 4 is 23.2 Å². The van der Waals surface area contributed by atoms with Crippen LogP contribution in [0.3, 0.4) is 0 Å². The molecule has 1 aromatic rings. The molecule has 5 heteroatoms. The first-order chi connectivity index (χ1) is 10.0. The van der Waals surface area contributed by atoms with Gasteiger partial charge in [0.25, 0.3) is 0 Å². The van der Waals surface area contributed by atoms with Gasteiger partial charge < -0.3 is 10.0 Å². The van der Waals surface area contributed by atoms with Gasteiger partial charge in [0.1, 0.15) is 0 Å². The number of carbonyl (C=O) groups is 2. The zero-order valence-electron chi connectivity index (χ0n) is 12.5. The van der Waals surface area contributed by atoms with Gasteiger partial charge >= 0.3 is 5.97 Å². The summed E-state index contributed by atoms with van der Waals surface area (Å²) in [5, 5.41) is 11.3. The molecule has 1 N–H and O–H groups in total. The standard InChI is InChI=1S/C16H23NO3S/c1-16(15(19)20)9-10-17(12-16)14(18)8-4-2-3-6-13-7-5-11-21-13/h5,7,11H,2-4,6,8-10,12H2,1H3,(H,19,20). The molecule has 4 nitrogen and oxygen atoms in total. The molecule has 0 saturated carbocycles. The van der Waals surface area contributed by atoms with E-state index in [1.54, 1.807) is 23.2 Å². The largest absolute Gasteiger partial charge is 0.481 e. The van der Waals surface area contributed by atoms with Crippen molar-refractivity contribution in [2.75, 3.05) is 13.1 Å². The number of aryl methyl sites for hydroxylation is 1. The highest BCUT2D eigenvalue weighted by Gasteiger charge is 2.41. The molecule has 0 radical (unpaired) electrons. The van der Waals surface area contributed by atoms with Gasteiger partial charge in [-0.25, -0.2) is 0 Å². The maximum absolute atomic E-state index is 12.1. The van der Waals surface area contributed by atoms with E-state index in [1.807, 2.05) is 0 Å². The molecule has 0 aliphatic carbocycles. The van der Waals surface area contributed by atoms with Crippen LogP contribution in [0.4, 0.5) is 0 Å². The Morgan fingerprint density at radius 1 is 1.38 bits per heavy atom. The van der Waals surface area contributed by atoms with Crippen LogP contribution in [0.2, 0.25) is 0 Å². The first-order valence-corrected chi connectivity index (χ1v) is 8.43. The Morgan fingerprint density at radius 3 is 2.81 bits per heavy atom. The van der Waals surface area contributed by atoms with Crippen LogP contribution >= 0.6 is 11.3 Å². The maximum Gasteiger partial charge on any atom is 0.311 e. The second kappa shape index (κ2) is 7.07. The summed E-state index contributed by atoms with van der Waals surface area (Å²) < 4.78 is 0. The van der Waals surface area contributed by atoms with Gasteiger partial charge in [-0.2, -0.15) is 0 Å². The Hall–Kier alpha value is -1.36. The van der Waals surface area contributed by atoms with Gasteiger partial charge in [0.05, 0.1) is 5.41 Å². The molecule has 1 atom stereocenters. The SMILES string of the molecule is CC1(C(=O)O)CCN(C(=O)CCCCCc2cccs2)C1. The third kappa shape index (κ3) is 4.30. The fraction of sp³-hybridized carbons (Fsp3) is 0.625. The Balaban J connectivity index is 1.63. The lowest BCUT2D eigenvalue weighted by molar-refractivity contribution is -0.147. The van der Waals surface area contributed by atoms with E-state index in [0.29, 0.717) is 25.9 Å². The number of nitrogens with zero attached hydrogens (tertiary/aromatic N) is 1. The van der Waals surface area contributed by atoms with Crippen molar-refractivity contribution in [3.63, 3.8) is 0 Å². The van der Waals surface area contributed by atoms with Gasteiger partial charge in [0.15, 0.2) is 0 Å². The monoisotopic (exact) mass is 309 g/mol. The minimum absolute atomic E-state index is 0.107. The van der Waals surface area contributed by atoms with E-state index in [1.165, 1.54) is 4.88 Å². The average Bonchev–Trinajstić information content (AvgIpc) is 3.08. The molecule has 1 unspecified atom stereocenters. The molecule has 0 bridgehead atoms. The topological polar surface area (TPSA) is 57.6 Å². The van der Waals surface area contributed by atoms with Crippen LogP contribution in [-0.4, -0.2) is 35.0 Å². The summed E-state index contributed by atoms with van der Waals surface area (Å²) in [7, 11) is 0. The number of thiophene rings is 1. The third-order valence-corrected chi connectivity index (χ3v) is 5.17. The molecule has 116 valence electrons. The maximum atomic E-state index is 12.1. The van der Waals surface area contributed by atoms with Crippen molar-refractivity contribution in [1.29, 1.82) is 0 Å². The normalized spacial score (nSPS) is 21.7. The number of amides is 1. The number of likely N-dealkylation sites (tertiary alicyclic amines) is 1. The quantitative estimate of drug-likeness (QED) is 0.787. The lowest BCUT2D eigenvalue weighted by Gasteiger charge is -2.20. The zero-order valence-corrected chi connectivity index (χ0v) is 13.3. The molecule has 2 heterocycles. The van der Waals surface area contributed by atoms with Gasteiger partial charge in [0, 0.05) is 24.4 Å². The van der Waals surface area contributed by atoms with Crippen molar-refractivity contribution in [1.82, 2.24) is 4.90 Å². The zero-order chi connectivity index (χ0) is 15.3. The van der Waals surface area contributed by atoms with Crippen LogP contribution in [0.25, 0.3) is 0 Å². The average molecular weight is 309 g/mol. The molecule has 1 fully saturated rings. The molecule has 1 saturated heterocycles. The summed E-state index contributed by atoms with van der Waals surface area (Å²) in [6, 6.07) is 4.21. The van der Waals surface area contributed by atoms with Gasteiger partial charge in [-0.3, -0.25) is 9.59 Å². The first-order valence-electron chi connectivity index (χ1n) is 7.55. The van der Waals surface area contributed by atoms with Crippen LogP contribution in [0.15, 0.2) is 17.5 Å². The smallest absolute Gasteiger partial charge is 0.311 e. The summed E-state index contributed by atoms with van der Waals surface area (Å²) in [6.07, 6.45) is 5.25. The Bertz CT molecular complexity index is 486. The predicted molar refractivity (Wildman–Crippen MR) is 83.4 cm³/mol. The molecule has 2 rings (SSSR count). The van der Waals surface area contributed by atoms with Crippen molar-refractivity contribution in [3.8, 4) is 0 Å². The van der Waals surface area contributed by atoms with E-state index in [2.05, 4.69) is 17.5 Å². The summed E-state index contributed by atoms with van der Waals surface area (Å²) >= 11 is 1.78. The van der Waals surface area contributed by atoms with E-state index >= 15 is 0 Å². The third-order valence-electron chi connectivity index (χ3n) is 4.24. The van der Waals surface area contributed by atoms with Crippen LogP contribution in [-0.2, 0) is 16.0 Å². The lowest BCUT2D eigenvalue weighted by Crippen LogP contribution is -2.34.